The summed E-state index contributed by atoms with van der Waals surface area (Å²) >= 11 is 0. The zero-order chi connectivity index (χ0) is 17.3. The number of nitrogens with one attached hydrogen (secondary N) is 1. The van der Waals surface area contributed by atoms with Gasteiger partial charge >= 0.3 is 0 Å². The van der Waals surface area contributed by atoms with E-state index in [9.17, 15) is 9.59 Å². The minimum atomic E-state index is -0.291. The van der Waals surface area contributed by atoms with Crippen LogP contribution in [0.1, 0.15) is 56.8 Å². The number of ketones is 1. The molecule has 0 aliphatic rings. The van der Waals surface area contributed by atoms with Crippen LogP contribution in [-0.4, -0.2) is 30.4 Å². The highest BCUT2D eigenvalue weighted by molar-refractivity contribution is 5.94. The third-order valence-electron chi connectivity index (χ3n) is 4.23. The number of Topliss-reactive ketones (excluding diaryl/α,β-unsaturated/α-hetero) is 1. The molecule has 0 bridgehead atoms. The predicted molar refractivity (Wildman–Crippen MR) is 91.7 cm³/mol. The van der Waals surface area contributed by atoms with Gasteiger partial charge < -0.3 is 15.8 Å². The summed E-state index contributed by atoms with van der Waals surface area (Å²) in [4.78, 5) is 23.2. The van der Waals surface area contributed by atoms with Crippen molar-refractivity contribution in [3.8, 4) is 5.75 Å². The Kier molecular flexibility index (Phi) is 7.75. The molecule has 0 atom stereocenters. The number of hydrogen-bond acceptors (Lipinski definition) is 4. The van der Waals surface area contributed by atoms with Crippen LogP contribution >= 0.6 is 0 Å². The van der Waals surface area contributed by atoms with E-state index in [-0.39, 0.29) is 17.2 Å². The first-order valence-electron chi connectivity index (χ1n) is 8.21. The second kappa shape index (κ2) is 9.30. The molecule has 0 fully saturated rings. The summed E-state index contributed by atoms with van der Waals surface area (Å²) in [7, 11) is 0. The fourth-order valence-corrected chi connectivity index (χ4v) is 2.33. The normalized spacial score (nSPS) is 11.1. The van der Waals surface area contributed by atoms with E-state index in [0.717, 1.165) is 12.8 Å². The average molecular weight is 320 g/mol. The quantitative estimate of drug-likeness (QED) is 0.513. The Balaban J connectivity index is 2.34. The smallest absolute Gasteiger partial charge is 0.220 e. The largest absolute Gasteiger partial charge is 0.494 e. The van der Waals surface area contributed by atoms with E-state index < -0.39 is 0 Å². The molecule has 3 N–H and O–H groups in total. The SMILES string of the molecule is CCC(CC)(CN)NC(=O)CCCOc1ccc(C(C)=O)cc1. The lowest BCUT2D eigenvalue weighted by molar-refractivity contribution is -0.123. The van der Waals surface area contributed by atoms with Gasteiger partial charge in [-0.25, -0.2) is 0 Å². The second-order valence-electron chi connectivity index (χ2n) is 5.77. The molecule has 128 valence electrons. The zero-order valence-electron chi connectivity index (χ0n) is 14.4. The van der Waals surface area contributed by atoms with Gasteiger partial charge in [-0.05, 0) is 50.5 Å². The molecular formula is C18H28N2O3. The molecule has 23 heavy (non-hydrogen) atoms. The van der Waals surface area contributed by atoms with Crippen LogP contribution in [0.4, 0.5) is 0 Å². The van der Waals surface area contributed by atoms with Crippen molar-refractivity contribution in [3.63, 3.8) is 0 Å². The summed E-state index contributed by atoms with van der Waals surface area (Å²) in [5, 5.41) is 3.04. The lowest BCUT2D eigenvalue weighted by Gasteiger charge is -2.31. The van der Waals surface area contributed by atoms with Crippen molar-refractivity contribution in [2.24, 2.45) is 5.73 Å². The van der Waals surface area contributed by atoms with Crippen LogP contribution in [0.2, 0.25) is 0 Å². The Morgan fingerprint density at radius 3 is 2.26 bits per heavy atom. The first-order chi connectivity index (χ1) is 11.0. The van der Waals surface area contributed by atoms with E-state index in [1.165, 1.54) is 6.92 Å². The third-order valence-corrected chi connectivity index (χ3v) is 4.23. The van der Waals surface area contributed by atoms with E-state index >= 15 is 0 Å². The van der Waals surface area contributed by atoms with Gasteiger partial charge in [-0.1, -0.05) is 13.8 Å². The standard InChI is InChI=1S/C18H28N2O3/c1-4-18(5-2,13-19)20-17(22)7-6-12-23-16-10-8-15(9-11-16)14(3)21/h8-11H,4-7,12-13,19H2,1-3H3,(H,20,22). The molecule has 1 aromatic rings. The predicted octanol–water partition coefficient (Wildman–Crippen LogP) is 2.68. The molecule has 5 nitrogen and oxygen atoms in total. The van der Waals surface area contributed by atoms with E-state index in [2.05, 4.69) is 5.32 Å². The minimum Gasteiger partial charge on any atom is -0.494 e. The molecule has 0 aromatic heterocycles. The highest BCUT2D eigenvalue weighted by Crippen LogP contribution is 2.15. The molecule has 0 unspecified atom stereocenters. The molecule has 5 heteroatoms. The van der Waals surface area contributed by atoms with E-state index in [4.69, 9.17) is 10.5 Å². The van der Waals surface area contributed by atoms with Gasteiger partial charge in [-0.15, -0.1) is 0 Å². The van der Waals surface area contributed by atoms with Crippen LogP contribution < -0.4 is 15.8 Å². The number of hydrogen-bond donors (Lipinski definition) is 2. The summed E-state index contributed by atoms with van der Waals surface area (Å²) in [6, 6.07) is 7.01. The molecule has 0 saturated heterocycles. The zero-order valence-corrected chi connectivity index (χ0v) is 14.4. The molecule has 0 heterocycles. The number of rotatable bonds is 10. The van der Waals surface area contributed by atoms with E-state index in [0.29, 0.717) is 37.3 Å². The summed E-state index contributed by atoms with van der Waals surface area (Å²) in [5.74, 6) is 0.743. The summed E-state index contributed by atoms with van der Waals surface area (Å²) in [6.45, 7) is 6.50. The summed E-state index contributed by atoms with van der Waals surface area (Å²) in [5.41, 5.74) is 6.15. The lowest BCUT2D eigenvalue weighted by Crippen LogP contribution is -2.52. The number of carbonyl (C=O) groups is 2. The second-order valence-corrected chi connectivity index (χ2v) is 5.77. The number of amides is 1. The van der Waals surface area contributed by atoms with Crippen LogP contribution in [0.3, 0.4) is 0 Å². The average Bonchev–Trinajstić information content (AvgIpc) is 2.57. The van der Waals surface area contributed by atoms with Gasteiger partial charge in [0.1, 0.15) is 5.75 Å². The van der Waals surface area contributed by atoms with Crippen LogP contribution in [-0.2, 0) is 4.79 Å². The molecule has 0 radical (unpaired) electrons. The summed E-state index contributed by atoms with van der Waals surface area (Å²) in [6.07, 6.45) is 2.69. The fourth-order valence-electron chi connectivity index (χ4n) is 2.33. The molecule has 0 spiro atoms. The van der Waals surface area contributed by atoms with Crippen molar-refractivity contribution < 1.29 is 14.3 Å². The van der Waals surface area contributed by atoms with E-state index in [1.807, 2.05) is 13.8 Å². The van der Waals surface area contributed by atoms with Gasteiger partial charge in [-0.2, -0.15) is 0 Å². The highest BCUT2D eigenvalue weighted by Gasteiger charge is 2.25. The van der Waals surface area contributed by atoms with Crippen LogP contribution in [0.5, 0.6) is 5.75 Å². The maximum absolute atomic E-state index is 12.0. The minimum absolute atomic E-state index is 0.00896. The maximum atomic E-state index is 12.0. The van der Waals surface area contributed by atoms with Crippen LogP contribution in [0.25, 0.3) is 0 Å². The van der Waals surface area contributed by atoms with Crippen molar-refractivity contribution in [3.05, 3.63) is 29.8 Å². The Morgan fingerprint density at radius 2 is 1.78 bits per heavy atom. The molecule has 0 aliphatic heterocycles. The topological polar surface area (TPSA) is 81.4 Å². The number of carbonyl (C=O) groups excluding carboxylic acids is 2. The number of benzene rings is 1. The molecular weight excluding hydrogens is 292 g/mol. The Morgan fingerprint density at radius 1 is 1.17 bits per heavy atom. The van der Waals surface area contributed by atoms with Gasteiger partial charge in [0, 0.05) is 18.5 Å². The van der Waals surface area contributed by atoms with Gasteiger partial charge in [0.15, 0.2) is 5.78 Å². The highest BCUT2D eigenvalue weighted by atomic mass is 16.5. The monoisotopic (exact) mass is 320 g/mol. The van der Waals surface area contributed by atoms with E-state index in [1.54, 1.807) is 24.3 Å². The maximum Gasteiger partial charge on any atom is 0.220 e. The molecule has 1 aromatic carbocycles. The molecule has 0 saturated carbocycles. The first kappa shape index (κ1) is 19.2. The number of nitrogens with two attached hydrogens (primary N) is 1. The van der Waals surface area contributed by atoms with Gasteiger partial charge in [0.05, 0.1) is 12.1 Å². The van der Waals surface area contributed by atoms with Crippen molar-refractivity contribution in [2.45, 2.75) is 52.0 Å². The lowest BCUT2D eigenvalue weighted by atomic mass is 9.92. The third kappa shape index (κ3) is 6.02. The summed E-state index contributed by atoms with van der Waals surface area (Å²) < 4.78 is 5.58. The van der Waals surface area contributed by atoms with Crippen molar-refractivity contribution in [2.75, 3.05) is 13.2 Å². The van der Waals surface area contributed by atoms with Crippen LogP contribution in [0.15, 0.2) is 24.3 Å². The fraction of sp³-hybridized carbons (Fsp3) is 0.556. The molecule has 1 rings (SSSR count). The first-order valence-corrected chi connectivity index (χ1v) is 8.21. The van der Waals surface area contributed by atoms with Gasteiger partial charge in [0.2, 0.25) is 5.91 Å². The van der Waals surface area contributed by atoms with Crippen LogP contribution in [0, 0.1) is 0 Å². The molecule has 0 aliphatic carbocycles. The van der Waals surface area contributed by atoms with Crippen molar-refractivity contribution in [1.29, 1.82) is 0 Å². The number of ether oxygens (including phenoxy) is 1. The van der Waals surface area contributed by atoms with Gasteiger partial charge in [0.25, 0.3) is 0 Å². The van der Waals surface area contributed by atoms with Gasteiger partial charge in [-0.3, -0.25) is 9.59 Å². The Labute approximate surface area is 138 Å². The van der Waals surface area contributed by atoms with Crippen molar-refractivity contribution >= 4 is 11.7 Å². The van der Waals surface area contributed by atoms with Crippen molar-refractivity contribution in [1.82, 2.24) is 5.32 Å². The molecule has 1 amide bonds. The Bertz CT molecular complexity index is 499. The Hall–Kier alpha value is -1.88.